The number of nitrogens with one attached hydrogen (secondary N) is 2. The average molecular weight is 530 g/mol. The normalized spacial score (nSPS) is 11.6. The number of carbonyl (C=O) groups excluding carboxylic acids is 4. The van der Waals surface area contributed by atoms with Gasteiger partial charge in [-0.2, -0.15) is 0 Å². The Labute approximate surface area is 222 Å². The van der Waals surface area contributed by atoms with Gasteiger partial charge in [-0.3, -0.25) is 4.84 Å². The molecule has 0 aromatic heterocycles. The number of benzene rings is 2. The fraction of sp³-hybridized carbons (Fsp3) is 0.407. The van der Waals surface area contributed by atoms with Crippen molar-refractivity contribution in [3.8, 4) is 0 Å². The maximum Gasteiger partial charge on any atom is 0.415 e. The zero-order valence-corrected chi connectivity index (χ0v) is 22.1. The van der Waals surface area contributed by atoms with E-state index in [0.29, 0.717) is 0 Å². The van der Waals surface area contributed by atoms with Crippen molar-refractivity contribution < 1.29 is 38.2 Å². The number of carbonyl (C=O) groups is 4. The molecule has 2 aromatic carbocycles. The van der Waals surface area contributed by atoms with Crippen molar-refractivity contribution in [2.45, 2.75) is 59.0 Å². The number of rotatable bonds is 11. The van der Waals surface area contributed by atoms with Crippen LogP contribution in [0.3, 0.4) is 0 Å². The molecule has 2 N–H and O–H groups in total. The smallest absolute Gasteiger partial charge is 0.415 e. The standard InChI is InChI=1S/C27H35N3O8/c1-5-35-25(33)29-24(32)30(37-19-21-14-10-7-11-15-21)17-16-22(28-26(34)38-27(2,3)4)23(31)36-18-20-12-8-6-9-13-20/h6-15,22H,5,16-19H2,1-4H3,(H,28,34)(H,29,32,33)/t22-/m0/s1. The number of imide groups is 1. The minimum atomic E-state index is -1.17. The van der Waals surface area contributed by atoms with Crippen LogP contribution in [0.15, 0.2) is 60.7 Å². The molecule has 0 saturated carbocycles. The van der Waals surface area contributed by atoms with Crippen LogP contribution in [-0.4, -0.2) is 54.0 Å². The Morgan fingerprint density at radius 2 is 1.42 bits per heavy atom. The highest BCUT2D eigenvalue weighted by Gasteiger charge is 2.28. The van der Waals surface area contributed by atoms with Gasteiger partial charge in [-0.25, -0.2) is 29.6 Å². The van der Waals surface area contributed by atoms with Gasteiger partial charge in [0.05, 0.1) is 13.2 Å². The van der Waals surface area contributed by atoms with Gasteiger partial charge in [0.2, 0.25) is 0 Å². The molecule has 2 rings (SSSR count). The minimum absolute atomic E-state index is 0.0102. The molecule has 11 nitrogen and oxygen atoms in total. The Morgan fingerprint density at radius 1 is 0.842 bits per heavy atom. The van der Waals surface area contributed by atoms with E-state index in [1.54, 1.807) is 52.0 Å². The van der Waals surface area contributed by atoms with Crippen molar-refractivity contribution in [2.75, 3.05) is 13.2 Å². The van der Waals surface area contributed by atoms with Crippen LogP contribution in [0.2, 0.25) is 0 Å². The van der Waals surface area contributed by atoms with E-state index in [0.717, 1.165) is 16.2 Å². The highest BCUT2D eigenvalue weighted by molar-refractivity contribution is 5.90. The monoisotopic (exact) mass is 529 g/mol. The summed E-state index contributed by atoms with van der Waals surface area (Å²) in [4.78, 5) is 55.5. The second-order valence-corrected chi connectivity index (χ2v) is 9.09. The summed E-state index contributed by atoms with van der Waals surface area (Å²) in [6.07, 6.45) is -1.87. The molecule has 0 aliphatic carbocycles. The second-order valence-electron chi connectivity index (χ2n) is 9.09. The summed E-state index contributed by atoms with van der Waals surface area (Å²) >= 11 is 0. The topological polar surface area (TPSA) is 133 Å². The Kier molecular flexibility index (Phi) is 12.0. The van der Waals surface area contributed by atoms with E-state index >= 15 is 0 Å². The second kappa shape index (κ2) is 15.2. The van der Waals surface area contributed by atoms with Crippen molar-refractivity contribution in [2.24, 2.45) is 0 Å². The molecule has 0 aliphatic rings. The maximum atomic E-state index is 12.9. The van der Waals surface area contributed by atoms with Crippen LogP contribution < -0.4 is 10.6 Å². The predicted molar refractivity (Wildman–Crippen MR) is 138 cm³/mol. The molecule has 1 atom stereocenters. The number of urea groups is 1. The van der Waals surface area contributed by atoms with Gasteiger partial charge in [-0.05, 0) is 45.2 Å². The number of alkyl carbamates (subject to hydrolysis) is 2. The quantitative estimate of drug-likeness (QED) is 0.250. The third-order valence-electron chi connectivity index (χ3n) is 4.76. The van der Waals surface area contributed by atoms with Crippen molar-refractivity contribution in [1.29, 1.82) is 0 Å². The number of hydrogen-bond donors (Lipinski definition) is 2. The molecule has 38 heavy (non-hydrogen) atoms. The van der Waals surface area contributed by atoms with E-state index in [-0.39, 0.29) is 32.8 Å². The lowest BCUT2D eigenvalue weighted by molar-refractivity contribution is -0.150. The fourth-order valence-electron chi connectivity index (χ4n) is 3.04. The summed E-state index contributed by atoms with van der Waals surface area (Å²) in [7, 11) is 0. The van der Waals surface area contributed by atoms with E-state index in [1.807, 2.05) is 36.4 Å². The number of hydrogen-bond acceptors (Lipinski definition) is 8. The van der Waals surface area contributed by atoms with Crippen LogP contribution in [0, 0.1) is 0 Å². The molecule has 0 heterocycles. The van der Waals surface area contributed by atoms with E-state index < -0.39 is 35.8 Å². The van der Waals surface area contributed by atoms with Crippen LogP contribution >= 0.6 is 0 Å². The first kappa shape index (κ1) is 30.1. The SMILES string of the molecule is CCOC(=O)NC(=O)N(CC[C@H](NC(=O)OC(C)(C)C)C(=O)OCc1ccccc1)OCc1ccccc1. The van der Waals surface area contributed by atoms with E-state index in [1.165, 1.54) is 0 Å². The molecule has 0 aliphatic heterocycles. The summed E-state index contributed by atoms with van der Waals surface area (Å²) in [5.41, 5.74) is 0.734. The average Bonchev–Trinajstić information content (AvgIpc) is 2.86. The number of hydroxylamine groups is 2. The van der Waals surface area contributed by atoms with Crippen molar-refractivity contribution in [1.82, 2.24) is 15.7 Å². The molecule has 0 unspecified atom stereocenters. The molecule has 206 valence electrons. The third kappa shape index (κ3) is 11.7. The van der Waals surface area contributed by atoms with Crippen LogP contribution in [0.4, 0.5) is 14.4 Å². The Balaban J connectivity index is 2.12. The lowest BCUT2D eigenvalue weighted by atomic mass is 10.2. The van der Waals surface area contributed by atoms with Gasteiger partial charge in [0.1, 0.15) is 24.9 Å². The maximum absolute atomic E-state index is 12.9. The van der Waals surface area contributed by atoms with Gasteiger partial charge in [0, 0.05) is 0 Å². The van der Waals surface area contributed by atoms with Gasteiger partial charge in [-0.1, -0.05) is 60.7 Å². The van der Waals surface area contributed by atoms with Gasteiger partial charge in [0.25, 0.3) is 0 Å². The lowest BCUT2D eigenvalue weighted by Crippen LogP contribution is -2.48. The molecule has 0 bridgehead atoms. The zero-order chi connectivity index (χ0) is 28.0. The number of ether oxygens (including phenoxy) is 3. The highest BCUT2D eigenvalue weighted by Crippen LogP contribution is 2.11. The van der Waals surface area contributed by atoms with Crippen LogP contribution in [-0.2, 0) is 37.1 Å². The summed E-state index contributed by atoms with van der Waals surface area (Å²) in [6.45, 7) is 6.56. The summed E-state index contributed by atoms with van der Waals surface area (Å²) in [5.74, 6) is -0.728. The van der Waals surface area contributed by atoms with Crippen LogP contribution in [0.1, 0.15) is 45.2 Å². The predicted octanol–water partition coefficient (Wildman–Crippen LogP) is 4.31. The Hall–Kier alpha value is -4.12. The van der Waals surface area contributed by atoms with Gasteiger partial charge < -0.3 is 19.5 Å². The summed E-state index contributed by atoms with van der Waals surface area (Å²) in [5, 5.41) is 5.45. The van der Waals surface area contributed by atoms with E-state index in [2.05, 4.69) is 10.6 Å². The zero-order valence-electron chi connectivity index (χ0n) is 22.1. The first-order valence-corrected chi connectivity index (χ1v) is 12.2. The Morgan fingerprint density at radius 3 is 1.97 bits per heavy atom. The molecule has 0 saturated heterocycles. The molecule has 4 amide bonds. The van der Waals surface area contributed by atoms with Crippen molar-refractivity contribution in [3.05, 3.63) is 71.8 Å². The molecule has 0 fully saturated rings. The highest BCUT2D eigenvalue weighted by atomic mass is 16.7. The minimum Gasteiger partial charge on any atom is -0.459 e. The molecule has 11 heteroatoms. The van der Waals surface area contributed by atoms with Gasteiger partial charge in [-0.15, -0.1) is 0 Å². The molecule has 2 aromatic rings. The van der Waals surface area contributed by atoms with E-state index in [9.17, 15) is 19.2 Å². The first-order chi connectivity index (χ1) is 18.1. The first-order valence-electron chi connectivity index (χ1n) is 12.2. The molecular weight excluding hydrogens is 494 g/mol. The number of esters is 1. The third-order valence-corrected chi connectivity index (χ3v) is 4.76. The van der Waals surface area contributed by atoms with Crippen molar-refractivity contribution in [3.63, 3.8) is 0 Å². The number of nitrogens with zero attached hydrogens (tertiary/aromatic N) is 1. The van der Waals surface area contributed by atoms with E-state index in [4.69, 9.17) is 19.0 Å². The summed E-state index contributed by atoms with van der Waals surface area (Å²) < 4.78 is 15.4. The molecule has 0 spiro atoms. The van der Waals surface area contributed by atoms with Gasteiger partial charge in [0.15, 0.2) is 0 Å². The van der Waals surface area contributed by atoms with Crippen molar-refractivity contribution >= 4 is 24.2 Å². The fourth-order valence-corrected chi connectivity index (χ4v) is 3.04. The summed E-state index contributed by atoms with van der Waals surface area (Å²) in [6, 6.07) is 16.0. The van der Waals surface area contributed by atoms with Crippen LogP contribution in [0.5, 0.6) is 0 Å². The Bertz CT molecular complexity index is 1040. The number of amides is 4. The largest absolute Gasteiger partial charge is 0.459 e. The van der Waals surface area contributed by atoms with Crippen LogP contribution in [0.25, 0.3) is 0 Å². The van der Waals surface area contributed by atoms with Gasteiger partial charge >= 0.3 is 24.2 Å². The lowest BCUT2D eigenvalue weighted by Gasteiger charge is -2.26. The molecule has 0 radical (unpaired) electrons. The molecular formula is C27H35N3O8.